The number of amides is 1. The van der Waals surface area contributed by atoms with Gasteiger partial charge in [0.2, 0.25) is 5.91 Å². The summed E-state index contributed by atoms with van der Waals surface area (Å²) in [5.41, 5.74) is 5.88. The predicted octanol–water partition coefficient (Wildman–Crippen LogP) is 2.37. The maximum atomic E-state index is 12.1. The van der Waals surface area contributed by atoms with Gasteiger partial charge in [-0.15, -0.1) is 0 Å². The molecule has 0 saturated heterocycles. The van der Waals surface area contributed by atoms with Gasteiger partial charge in [0.1, 0.15) is 23.5 Å². The summed E-state index contributed by atoms with van der Waals surface area (Å²) in [5.74, 6) is 0.289. The van der Waals surface area contributed by atoms with Gasteiger partial charge in [-0.1, -0.05) is 35.7 Å². The van der Waals surface area contributed by atoms with Crippen LogP contribution in [0.3, 0.4) is 0 Å². The zero-order valence-corrected chi connectivity index (χ0v) is 14.3. The van der Waals surface area contributed by atoms with E-state index in [0.717, 1.165) is 19.3 Å². The van der Waals surface area contributed by atoms with Crippen LogP contribution in [0.2, 0.25) is 10.0 Å². The molecule has 3 unspecified atom stereocenters. The molecule has 0 bridgehead atoms. The monoisotopic (exact) mass is 360 g/mol. The second-order valence-corrected chi connectivity index (χ2v) is 6.67. The molecule has 1 aromatic rings. The minimum atomic E-state index is -0.828. The lowest BCUT2D eigenvalue weighted by molar-refractivity contribution is -0.126. The average Bonchev–Trinajstić information content (AvgIpc) is 2.54. The Morgan fingerprint density at radius 2 is 2.22 bits per heavy atom. The molecule has 1 fully saturated rings. The first-order valence-corrected chi connectivity index (χ1v) is 8.51. The Morgan fingerprint density at radius 1 is 1.43 bits per heavy atom. The van der Waals surface area contributed by atoms with Crippen LogP contribution in [0.4, 0.5) is 0 Å². The Bertz CT molecular complexity index is 542. The van der Waals surface area contributed by atoms with E-state index in [1.54, 1.807) is 18.2 Å². The summed E-state index contributed by atoms with van der Waals surface area (Å²) in [7, 11) is 0. The highest BCUT2D eigenvalue weighted by Crippen LogP contribution is 2.31. The molecule has 1 aromatic carbocycles. The van der Waals surface area contributed by atoms with Crippen LogP contribution in [-0.2, 0) is 4.79 Å². The average molecular weight is 361 g/mol. The van der Waals surface area contributed by atoms with Crippen molar-refractivity contribution in [3.8, 4) is 5.75 Å². The van der Waals surface area contributed by atoms with E-state index >= 15 is 0 Å². The van der Waals surface area contributed by atoms with E-state index in [-0.39, 0.29) is 31.0 Å². The zero-order chi connectivity index (χ0) is 16.8. The summed E-state index contributed by atoms with van der Waals surface area (Å²) in [6.07, 6.45) is 2.67. The van der Waals surface area contributed by atoms with Gasteiger partial charge in [-0.05, 0) is 31.4 Å². The largest absolute Gasteiger partial charge is 0.489 e. The Morgan fingerprint density at radius 3 is 2.96 bits per heavy atom. The first-order valence-electron chi connectivity index (χ1n) is 7.75. The molecular formula is C16H22Cl2N2O3. The van der Waals surface area contributed by atoms with Crippen LogP contribution >= 0.6 is 23.2 Å². The molecule has 0 radical (unpaired) electrons. The van der Waals surface area contributed by atoms with Crippen molar-refractivity contribution in [2.45, 2.75) is 37.8 Å². The number of benzene rings is 1. The van der Waals surface area contributed by atoms with Crippen LogP contribution in [0, 0.1) is 5.92 Å². The molecular weight excluding hydrogens is 339 g/mol. The lowest BCUT2D eigenvalue weighted by Crippen LogP contribution is -2.41. The van der Waals surface area contributed by atoms with Crippen molar-refractivity contribution in [3.63, 3.8) is 0 Å². The molecule has 1 aliphatic carbocycles. The lowest BCUT2D eigenvalue weighted by atomic mass is 9.85. The number of ether oxygens (including phenoxy) is 1. The van der Waals surface area contributed by atoms with E-state index in [9.17, 15) is 9.90 Å². The fraction of sp³-hybridized carbons (Fsp3) is 0.562. The fourth-order valence-electron chi connectivity index (χ4n) is 2.67. The molecule has 128 valence electrons. The van der Waals surface area contributed by atoms with Gasteiger partial charge in [0, 0.05) is 18.5 Å². The Labute approximate surface area is 146 Å². The molecule has 7 heteroatoms. The third-order valence-electron chi connectivity index (χ3n) is 3.94. The van der Waals surface area contributed by atoms with Crippen molar-refractivity contribution < 1.29 is 14.6 Å². The normalized spacial score (nSPS) is 22.4. The van der Waals surface area contributed by atoms with E-state index in [2.05, 4.69) is 5.32 Å². The smallest absolute Gasteiger partial charge is 0.223 e. The third kappa shape index (κ3) is 5.53. The standard InChI is InChI=1S/C16H22Cl2N2O3/c17-13-5-2-6-14(15(13)18)23-9-12(21)8-20-16(22)10-3-1-4-11(19)7-10/h2,5-6,10-12,21H,1,3-4,7-9,19H2,(H,20,22). The number of aliphatic hydroxyl groups excluding tert-OH is 1. The summed E-state index contributed by atoms with van der Waals surface area (Å²) in [4.78, 5) is 12.1. The molecule has 0 heterocycles. The molecule has 23 heavy (non-hydrogen) atoms. The number of nitrogens with one attached hydrogen (secondary N) is 1. The maximum Gasteiger partial charge on any atom is 0.223 e. The van der Waals surface area contributed by atoms with Crippen LogP contribution in [-0.4, -0.2) is 36.3 Å². The fourth-order valence-corrected chi connectivity index (χ4v) is 3.02. The van der Waals surface area contributed by atoms with E-state index in [1.807, 2.05) is 0 Å². The third-order valence-corrected chi connectivity index (χ3v) is 4.75. The van der Waals surface area contributed by atoms with Crippen LogP contribution in [0.1, 0.15) is 25.7 Å². The molecule has 5 nitrogen and oxygen atoms in total. The first kappa shape index (κ1) is 18.3. The highest BCUT2D eigenvalue weighted by atomic mass is 35.5. The van der Waals surface area contributed by atoms with Gasteiger partial charge >= 0.3 is 0 Å². The molecule has 1 amide bonds. The first-order chi connectivity index (χ1) is 11.0. The number of aliphatic hydroxyl groups is 1. The minimum Gasteiger partial charge on any atom is -0.489 e. The van der Waals surface area contributed by atoms with Gasteiger partial charge in [-0.25, -0.2) is 0 Å². The Balaban J connectivity index is 1.73. The second-order valence-electron chi connectivity index (χ2n) is 5.89. The summed E-state index contributed by atoms with van der Waals surface area (Å²) in [6, 6.07) is 5.13. The van der Waals surface area contributed by atoms with Gasteiger partial charge in [0.05, 0.1) is 5.02 Å². The van der Waals surface area contributed by atoms with E-state index in [0.29, 0.717) is 22.2 Å². The summed E-state index contributed by atoms with van der Waals surface area (Å²) in [6.45, 7) is 0.146. The highest BCUT2D eigenvalue weighted by Gasteiger charge is 2.25. The van der Waals surface area contributed by atoms with Crippen molar-refractivity contribution in [3.05, 3.63) is 28.2 Å². The zero-order valence-electron chi connectivity index (χ0n) is 12.8. The van der Waals surface area contributed by atoms with Crippen molar-refractivity contribution >= 4 is 29.1 Å². The lowest BCUT2D eigenvalue weighted by Gasteiger charge is -2.26. The van der Waals surface area contributed by atoms with Gasteiger partial charge in [-0.3, -0.25) is 4.79 Å². The highest BCUT2D eigenvalue weighted by molar-refractivity contribution is 6.42. The Kier molecular flexibility index (Phi) is 6.96. The second kappa shape index (κ2) is 8.73. The minimum absolute atomic E-state index is 0.0184. The van der Waals surface area contributed by atoms with Crippen molar-refractivity contribution in [1.29, 1.82) is 0 Å². The van der Waals surface area contributed by atoms with Crippen molar-refractivity contribution in [1.82, 2.24) is 5.32 Å². The predicted molar refractivity (Wildman–Crippen MR) is 90.9 cm³/mol. The number of rotatable bonds is 6. The summed E-state index contributed by atoms with van der Waals surface area (Å²) >= 11 is 11.9. The van der Waals surface area contributed by atoms with Crippen LogP contribution in [0.25, 0.3) is 0 Å². The van der Waals surface area contributed by atoms with Crippen LogP contribution < -0.4 is 15.8 Å². The maximum absolute atomic E-state index is 12.1. The molecule has 2 rings (SSSR count). The number of hydrogen-bond acceptors (Lipinski definition) is 4. The van der Waals surface area contributed by atoms with Gasteiger partial charge in [0.15, 0.2) is 0 Å². The Hall–Kier alpha value is -1.01. The number of carbonyl (C=O) groups is 1. The number of carbonyl (C=O) groups excluding carboxylic acids is 1. The number of nitrogens with two attached hydrogens (primary N) is 1. The van der Waals surface area contributed by atoms with E-state index in [4.69, 9.17) is 33.7 Å². The molecule has 1 saturated carbocycles. The van der Waals surface area contributed by atoms with Crippen LogP contribution in [0.5, 0.6) is 5.75 Å². The van der Waals surface area contributed by atoms with Crippen molar-refractivity contribution in [2.24, 2.45) is 11.7 Å². The topological polar surface area (TPSA) is 84.6 Å². The van der Waals surface area contributed by atoms with E-state index < -0.39 is 6.10 Å². The molecule has 0 spiro atoms. The van der Waals surface area contributed by atoms with Gasteiger partial charge in [-0.2, -0.15) is 0 Å². The number of halogens is 2. The molecule has 1 aliphatic rings. The van der Waals surface area contributed by atoms with E-state index in [1.165, 1.54) is 0 Å². The summed E-state index contributed by atoms with van der Waals surface area (Å²) in [5, 5.41) is 13.4. The summed E-state index contributed by atoms with van der Waals surface area (Å²) < 4.78 is 5.44. The van der Waals surface area contributed by atoms with Gasteiger partial charge < -0.3 is 20.9 Å². The van der Waals surface area contributed by atoms with Gasteiger partial charge in [0.25, 0.3) is 0 Å². The SMILES string of the molecule is NC1CCCC(C(=O)NCC(O)COc2cccc(Cl)c2Cl)C1. The molecule has 0 aromatic heterocycles. The number of hydrogen-bond donors (Lipinski definition) is 3. The molecule has 0 aliphatic heterocycles. The van der Waals surface area contributed by atoms with Crippen LogP contribution in [0.15, 0.2) is 18.2 Å². The molecule has 4 N–H and O–H groups in total. The van der Waals surface area contributed by atoms with Crippen molar-refractivity contribution in [2.75, 3.05) is 13.2 Å². The quantitative estimate of drug-likeness (QED) is 0.726. The molecule has 3 atom stereocenters.